The van der Waals surface area contributed by atoms with Crippen LogP contribution < -0.4 is 4.43 Å². The maximum Gasteiger partial charge on any atom is 0.250 e. The molecule has 0 aliphatic heterocycles. The third-order valence-electron chi connectivity index (χ3n) is 4.97. The smallest absolute Gasteiger partial charge is 0.250 e. The summed E-state index contributed by atoms with van der Waals surface area (Å²) in [5.41, 5.74) is 2.21. The highest BCUT2D eigenvalue weighted by molar-refractivity contribution is 9.15. The summed E-state index contributed by atoms with van der Waals surface area (Å²) in [4.78, 5) is 0. The molecule has 0 N–H and O–H groups in total. The second kappa shape index (κ2) is 8.55. The fourth-order valence-electron chi connectivity index (χ4n) is 2.33. The summed E-state index contributed by atoms with van der Waals surface area (Å²) in [6.07, 6.45) is 1.94. The highest BCUT2D eigenvalue weighted by Crippen LogP contribution is 2.38. The van der Waals surface area contributed by atoms with Crippen LogP contribution in [0.5, 0.6) is 5.75 Å². The van der Waals surface area contributed by atoms with Gasteiger partial charge in [0.25, 0.3) is 0 Å². The maximum atomic E-state index is 6.44. The first-order valence-electron chi connectivity index (χ1n) is 8.88. The Bertz CT molecular complexity index is 748. The maximum absolute atomic E-state index is 6.44. The minimum absolute atomic E-state index is 0.146. The molecule has 140 valence electrons. The molecule has 0 aliphatic rings. The van der Waals surface area contributed by atoms with Crippen LogP contribution in [0.3, 0.4) is 0 Å². The van der Waals surface area contributed by atoms with Gasteiger partial charge in [0.15, 0.2) is 0 Å². The Hall–Kier alpha value is -1.36. The van der Waals surface area contributed by atoms with Gasteiger partial charge in [0.2, 0.25) is 8.32 Å². The van der Waals surface area contributed by atoms with Crippen LogP contribution in [-0.4, -0.2) is 15.4 Å². The lowest BCUT2D eigenvalue weighted by Crippen LogP contribution is -2.43. The number of hydrogen-bond acceptors (Lipinski definition) is 2. The molecule has 0 saturated carbocycles. The summed E-state index contributed by atoms with van der Waals surface area (Å²) in [7, 11) is -0.134. The topological polar surface area (TPSA) is 18.5 Å². The van der Waals surface area contributed by atoms with E-state index in [1.54, 1.807) is 7.11 Å². The SMILES string of the molecule is COC(/C=C(/Br)c1ccccc1)c1cccc(O[Si](C)(C)C(C)(C)C)c1. The van der Waals surface area contributed by atoms with Gasteiger partial charge in [0, 0.05) is 11.6 Å². The second-order valence-corrected chi connectivity index (χ2v) is 13.6. The molecule has 1 unspecified atom stereocenters. The highest BCUT2D eigenvalue weighted by Gasteiger charge is 2.39. The summed E-state index contributed by atoms with van der Waals surface area (Å²) < 4.78 is 13.2. The monoisotopic (exact) mass is 432 g/mol. The van der Waals surface area contributed by atoms with E-state index in [1.165, 1.54) is 0 Å². The number of rotatable bonds is 6. The molecular formula is C22H29BrO2Si. The number of ether oxygens (including phenoxy) is 1. The van der Waals surface area contributed by atoms with Crippen molar-refractivity contribution in [3.05, 3.63) is 71.8 Å². The van der Waals surface area contributed by atoms with Gasteiger partial charge < -0.3 is 9.16 Å². The molecule has 1 atom stereocenters. The predicted octanol–water partition coefficient (Wildman–Crippen LogP) is 7.19. The Kier molecular flexibility index (Phi) is 6.89. The molecule has 4 heteroatoms. The van der Waals surface area contributed by atoms with Gasteiger partial charge in [-0.25, -0.2) is 0 Å². The van der Waals surface area contributed by atoms with Crippen LogP contribution in [0, 0.1) is 0 Å². The van der Waals surface area contributed by atoms with E-state index in [-0.39, 0.29) is 11.1 Å². The standard InChI is InChI=1S/C22H29BrO2Si/c1-22(2,3)26(5,6)25-19-14-10-13-18(15-19)21(24-4)16-20(23)17-11-8-7-9-12-17/h7-16,21H,1-6H3/b20-16+. The van der Waals surface area contributed by atoms with Crippen LogP contribution in [-0.2, 0) is 4.74 Å². The largest absolute Gasteiger partial charge is 0.543 e. The fraction of sp³-hybridized carbons (Fsp3) is 0.364. The summed E-state index contributed by atoms with van der Waals surface area (Å²) in [6.45, 7) is 11.3. The van der Waals surface area contributed by atoms with Crippen molar-refractivity contribution in [1.82, 2.24) is 0 Å². The molecule has 0 bridgehead atoms. The first-order chi connectivity index (χ1) is 12.1. The van der Waals surface area contributed by atoms with Crippen molar-refractivity contribution in [3.63, 3.8) is 0 Å². The molecule has 0 heterocycles. The van der Waals surface area contributed by atoms with Crippen molar-refractivity contribution in [2.45, 2.75) is 45.0 Å². The minimum Gasteiger partial charge on any atom is -0.543 e. The van der Waals surface area contributed by atoms with Crippen LogP contribution in [0.25, 0.3) is 4.48 Å². The number of halogens is 1. The second-order valence-electron chi connectivity index (χ2n) is 7.97. The Morgan fingerprint density at radius 1 is 1.04 bits per heavy atom. The van der Waals surface area contributed by atoms with Gasteiger partial charge in [0.05, 0.1) is 0 Å². The average molecular weight is 433 g/mol. The van der Waals surface area contributed by atoms with Crippen LogP contribution in [0.4, 0.5) is 0 Å². The predicted molar refractivity (Wildman–Crippen MR) is 117 cm³/mol. The van der Waals surface area contributed by atoms with E-state index in [4.69, 9.17) is 9.16 Å². The lowest BCUT2D eigenvalue weighted by atomic mass is 10.1. The van der Waals surface area contributed by atoms with Gasteiger partial charge >= 0.3 is 0 Å². The van der Waals surface area contributed by atoms with Crippen molar-refractivity contribution in [2.75, 3.05) is 7.11 Å². The third-order valence-corrected chi connectivity index (χ3v) is 10.0. The fourth-order valence-corrected chi connectivity index (χ4v) is 3.86. The number of methoxy groups -OCH3 is 1. The lowest BCUT2D eigenvalue weighted by Gasteiger charge is -2.36. The number of benzene rings is 2. The van der Waals surface area contributed by atoms with E-state index in [0.717, 1.165) is 21.4 Å². The van der Waals surface area contributed by atoms with E-state index < -0.39 is 8.32 Å². The average Bonchev–Trinajstić information content (AvgIpc) is 2.59. The molecule has 26 heavy (non-hydrogen) atoms. The molecule has 0 fully saturated rings. The van der Waals surface area contributed by atoms with E-state index >= 15 is 0 Å². The van der Waals surface area contributed by atoms with Crippen molar-refractivity contribution < 1.29 is 9.16 Å². The first kappa shape index (κ1) is 20.9. The molecule has 0 spiro atoms. The first-order valence-corrected chi connectivity index (χ1v) is 12.6. The minimum atomic E-state index is -1.86. The summed E-state index contributed by atoms with van der Waals surface area (Å²) in [5.74, 6) is 0.917. The van der Waals surface area contributed by atoms with Gasteiger partial charge in [-0.2, -0.15) is 0 Å². The molecule has 0 radical (unpaired) electrons. The van der Waals surface area contributed by atoms with E-state index in [2.05, 4.69) is 80.1 Å². The zero-order valence-electron chi connectivity index (χ0n) is 16.5. The number of hydrogen-bond donors (Lipinski definition) is 0. The van der Waals surface area contributed by atoms with E-state index in [9.17, 15) is 0 Å². The summed E-state index contributed by atoms with van der Waals surface area (Å²) in [6, 6.07) is 18.5. The van der Waals surface area contributed by atoms with E-state index in [1.807, 2.05) is 30.3 Å². The Morgan fingerprint density at radius 3 is 2.27 bits per heavy atom. The molecule has 2 aromatic carbocycles. The van der Waals surface area contributed by atoms with Crippen molar-refractivity contribution in [3.8, 4) is 5.75 Å². The van der Waals surface area contributed by atoms with Crippen LogP contribution in [0.2, 0.25) is 18.1 Å². The van der Waals surface area contributed by atoms with Crippen molar-refractivity contribution >= 4 is 28.7 Å². The Morgan fingerprint density at radius 2 is 1.69 bits per heavy atom. The van der Waals surface area contributed by atoms with Gasteiger partial charge in [-0.05, 0) is 47.5 Å². The quantitative estimate of drug-likeness (QED) is 0.449. The molecule has 0 amide bonds. The zero-order valence-corrected chi connectivity index (χ0v) is 19.1. The summed E-state index contributed by atoms with van der Waals surface area (Å²) >= 11 is 3.67. The van der Waals surface area contributed by atoms with Gasteiger partial charge in [-0.1, -0.05) is 79.2 Å². The molecule has 0 aliphatic carbocycles. The van der Waals surface area contributed by atoms with Crippen molar-refractivity contribution in [1.29, 1.82) is 0 Å². The Labute approximate surface area is 167 Å². The van der Waals surface area contributed by atoms with Crippen LogP contribution >= 0.6 is 15.9 Å². The van der Waals surface area contributed by atoms with Crippen LogP contribution in [0.1, 0.15) is 38.0 Å². The molecule has 2 nitrogen and oxygen atoms in total. The van der Waals surface area contributed by atoms with Crippen molar-refractivity contribution in [2.24, 2.45) is 0 Å². The molecular weight excluding hydrogens is 404 g/mol. The molecule has 0 aromatic heterocycles. The Balaban J connectivity index is 2.27. The molecule has 2 rings (SSSR count). The van der Waals surface area contributed by atoms with Gasteiger partial charge in [-0.3, -0.25) is 0 Å². The normalized spacial score (nSPS) is 14.2. The third kappa shape index (κ3) is 5.32. The van der Waals surface area contributed by atoms with Gasteiger partial charge in [-0.15, -0.1) is 0 Å². The van der Waals surface area contributed by atoms with Crippen LogP contribution in [0.15, 0.2) is 60.7 Å². The van der Waals surface area contributed by atoms with E-state index in [0.29, 0.717) is 0 Å². The molecule has 0 saturated heterocycles. The molecule has 2 aromatic rings. The van der Waals surface area contributed by atoms with Gasteiger partial charge in [0.1, 0.15) is 11.9 Å². The summed E-state index contributed by atoms with van der Waals surface area (Å²) in [5, 5.41) is 0.167. The lowest BCUT2D eigenvalue weighted by molar-refractivity contribution is 0.143. The highest BCUT2D eigenvalue weighted by atomic mass is 79.9. The zero-order chi connectivity index (χ0) is 19.4.